The number of aromatic nitrogens is 2. The van der Waals surface area contributed by atoms with Crippen molar-refractivity contribution < 1.29 is 4.79 Å². The number of hydrogen-bond donors (Lipinski definition) is 1. The molecule has 2 aromatic carbocycles. The average molecular weight is 438 g/mol. The molecule has 1 N–H and O–H groups in total. The van der Waals surface area contributed by atoms with Gasteiger partial charge < -0.3 is 15.1 Å². The van der Waals surface area contributed by atoms with Crippen LogP contribution >= 0.6 is 11.6 Å². The van der Waals surface area contributed by atoms with E-state index in [9.17, 15) is 4.79 Å². The van der Waals surface area contributed by atoms with Crippen LogP contribution in [-0.2, 0) is 6.42 Å². The lowest BCUT2D eigenvalue weighted by Gasteiger charge is -2.36. The quantitative estimate of drug-likeness (QED) is 0.599. The normalized spacial score (nSPS) is 14.4. The number of amides is 2. The lowest BCUT2D eigenvalue weighted by atomic mass is 10.0. The van der Waals surface area contributed by atoms with Gasteiger partial charge in [0.2, 0.25) is 0 Å². The van der Waals surface area contributed by atoms with Crippen LogP contribution < -0.4 is 10.2 Å². The molecule has 1 saturated heterocycles. The lowest BCUT2D eigenvalue weighted by Crippen LogP contribution is -2.50. The number of halogens is 1. The Balaban J connectivity index is 1.44. The molecule has 0 atom stereocenters. The summed E-state index contributed by atoms with van der Waals surface area (Å²) in [4.78, 5) is 26.2. The minimum atomic E-state index is -0.0643. The molecule has 31 heavy (non-hydrogen) atoms. The van der Waals surface area contributed by atoms with Crippen LogP contribution in [0.5, 0.6) is 0 Å². The van der Waals surface area contributed by atoms with E-state index in [-0.39, 0.29) is 6.03 Å². The lowest BCUT2D eigenvalue weighted by molar-refractivity contribution is 0.208. The van der Waals surface area contributed by atoms with E-state index in [1.807, 2.05) is 42.2 Å². The maximum atomic E-state index is 12.7. The molecule has 162 valence electrons. The van der Waals surface area contributed by atoms with Gasteiger partial charge in [-0.1, -0.05) is 44.5 Å². The fourth-order valence-electron chi connectivity index (χ4n) is 3.81. The third-order valence-corrected chi connectivity index (χ3v) is 5.93. The predicted molar refractivity (Wildman–Crippen MR) is 127 cm³/mol. The Morgan fingerprint density at radius 3 is 2.42 bits per heavy atom. The summed E-state index contributed by atoms with van der Waals surface area (Å²) in [5, 5.41) is 4.67. The number of nitrogens with one attached hydrogen (secondary N) is 1. The van der Waals surface area contributed by atoms with E-state index in [2.05, 4.69) is 41.2 Å². The van der Waals surface area contributed by atoms with E-state index < -0.39 is 0 Å². The van der Waals surface area contributed by atoms with E-state index in [4.69, 9.17) is 16.6 Å². The molecule has 0 saturated carbocycles. The number of nitrogens with zero attached hydrogens (tertiary/aromatic N) is 4. The number of fused-ring (bicyclic) bond motifs is 1. The number of aryl methyl sites for hydroxylation is 1. The van der Waals surface area contributed by atoms with Gasteiger partial charge in [0.05, 0.1) is 5.52 Å². The van der Waals surface area contributed by atoms with Crippen molar-refractivity contribution in [3.05, 3.63) is 58.9 Å². The van der Waals surface area contributed by atoms with Gasteiger partial charge in [-0.15, -0.1) is 0 Å². The van der Waals surface area contributed by atoms with Gasteiger partial charge in [0.1, 0.15) is 11.6 Å². The predicted octanol–water partition coefficient (Wildman–Crippen LogP) is 5.32. The maximum Gasteiger partial charge on any atom is 0.321 e. The summed E-state index contributed by atoms with van der Waals surface area (Å²) in [6.07, 6.45) is 0.757. The van der Waals surface area contributed by atoms with Gasteiger partial charge in [-0.2, -0.15) is 0 Å². The third-order valence-electron chi connectivity index (χ3n) is 5.70. The van der Waals surface area contributed by atoms with Crippen molar-refractivity contribution in [3.8, 4) is 0 Å². The van der Waals surface area contributed by atoms with Crippen LogP contribution in [-0.4, -0.2) is 47.1 Å². The number of benzene rings is 2. The molecule has 7 heteroatoms. The van der Waals surface area contributed by atoms with E-state index in [1.54, 1.807) is 0 Å². The Kier molecular flexibility index (Phi) is 6.28. The number of urea groups is 1. The first-order valence-corrected chi connectivity index (χ1v) is 11.2. The molecule has 2 amide bonds. The fourth-order valence-corrected chi connectivity index (χ4v) is 3.97. The Morgan fingerprint density at radius 2 is 1.77 bits per heavy atom. The molecule has 0 spiro atoms. The Bertz CT molecular complexity index is 1080. The van der Waals surface area contributed by atoms with Crippen molar-refractivity contribution in [3.63, 3.8) is 0 Å². The van der Waals surface area contributed by atoms with E-state index in [0.29, 0.717) is 24.0 Å². The van der Waals surface area contributed by atoms with Gasteiger partial charge in [0.15, 0.2) is 0 Å². The molecule has 0 radical (unpaired) electrons. The molecule has 0 aliphatic carbocycles. The Hall–Kier alpha value is -2.86. The zero-order valence-electron chi connectivity index (χ0n) is 18.2. The first-order valence-electron chi connectivity index (χ1n) is 10.8. The van der Waals surface area contributed by atoms with Crippen LogP contribution in [0.25, 0.3) is 10.9 Å². The second kappa shape index (κ2) is 9.10. The van der Waals surface area contributed by atoms with Crippen LogP contribution in [0, 0.1) is 0 Å². The molecule has 0 bridgehead atoms. The van der Waals surface area contributed by atoms with Gasteiger partial charge in [0.25, 0.3) is 0 Å². The molecule has 3 aromatic rings. The van der Waals surface area contributed by atoms with Crippen LogP contribution in [0.15, 0.2) is 42.5 Å². The highest BCUT2D eigenvalue weighted by molar-refractivity contribution is 6.31. The van der Waals surface area contributed by atoms with Crippen molar-refractivity contribution in [2.45, 2.75) is 33.1 Å². The minimum Gasteiger partial charge on any atom is -0.352 e. The highest BCUT2D eigenvalue weighted by atomic mass is 35.5. The first kappa shape index (κ1) is 21.4. The van der Waals surface area contributed by atoms with Crippen molar-refractivity contribution >= 4 is 40.0 Å². The smallest absolute Gasteiger partial charge is 0.321 e. The third kappa shape index (κ3) is 4.74. The first-order chi connectivity index (χ1) is 14.9. The number of hydrogen-bond acceptors (Lipinski definition) is 4. The summed E-state index contributed by atoms with van der Waals surface area (Å²) in [6.45, 7) is 9.07. The van der Waals surface area contributed by atoms with Gasteiger partial charge in [-0.3, -0.25) is 0 Å². The van der Waals surface area contributed by atoms with Gasteiger partial charge >= 0.3 is 6.03 Å². The molecule has 1 aliphatic heterocycles. The molecule has 1 fully saturated rings. The van der Waals surface area contributed by atoms with Crippen molar-refractivity contribution in [2.24, 2.45) is 0 Å². The zero-order chi connectivity index (χ0) is 22.0. The zero-order valence-corrected chi connectivity index (χ0v) is 19.0. The van der Waals surface area contributed by atoms with E-state index in [0.717, 1.165) is 47.7 Å². The highest BCUT2D eigenvalue weighted by Gasteiger charge is 2.24. The van der Waals surface area contributed by atoms with Gasteiger partial charge in [-0.05, 0) is 41.8 Å². The fraction of sp³-hybridized carbons (Fsp3) is 0.375. The largest absolute Gasteiger partial charge is 0.352 e. The monoisotopic (exact) mass is 437 g/mol. The topological polar surface area (TPSA) is 61.4 Å². The molecular weight excluding hydrogens is 410 g/mol. The second-order valence-corrected chi connectivity index (χ2v) is 8.60. The number of piperazine rings is 1. The summed E-state index contributed by atoms with van der Waals surface area (Å²) in [6, 6.07) is 13.7. The molecular formula is C24H28ClN5O. The summed E-state index contributed by atoms with van der Waals surface area (Å²) in [7, 11) is 0. The van der Waals surface area contributed by atoms with Crippen molar-refractivity contribution in [2.75, 3.05) is 36.4 Å². The maximum absolute atomic E-state index is 12.7. The molecule has 6 nitrogen and oxygen atoms in total. The van der Waals surface area contributed by atoms with E-state index >= 15 is 0 Å². The molecule has 0 unspecified atom stereocenters. The SMILES string of the molecule is CCc1nc(N2CCN(C(=O)Nc3ccc(C(C)C)cc3)CC2)c2ccc(Cl)cc2n1. The average Bonchev–Trinajstić information content (AvgIpc) is 2.78. The Labute approximate surface area is 188 Å². The van der Waals surface area contributed by atoms with Crippen LogP contribution in [0.2, 0.25) is 5.02 Å². The summed E-state index contributed by atoms with van der Waals surface area (Å²) in [5.41, 5.74) is 2.94. The van der Waals surface area contributed by atoms with E-state index in [1.165, 1.54) is 5.56 Å². The number of carbonyl (C=O) groups excluding carboxylic acids is 1. The number of anilines is 2. The summed E-state index contributed by atoms with van der Waals surface area (Å²) in [5.74, 6) is 2.19. The van der Waals surface area contributed by atoms with Crippen LogP contribution in [0.4, 0.5) is 16.3 Å². The standard InChI is InChI=1S/C24H28ClN5O/c1-4-22-27-21-15-18(25)7-10-20(21)23(28-22)29-11-13-30(14-12-29)24(31)26-19-8-5-17(6-9-19)16(2)3/h5-10,15-16H,4,11-14H2,1-3H3,(H,26,31). The summed E-state index contributed by atoms with van der Waals surface area (Å²) < 4.78 is 0. The second-order valence-electron chi connectivity index (χ2n) is 8.16. The molecule has 4 rings (SSSR count). The molecule has 1 aliphatic rings. The Morgan fingerprint density at radius 1 is 1.06 bits per heavy atom. The summed E-state index contributed by atoms with van der Waals surface area (Å²) >= 11 is 6.17. The van der Waals surface area contributed by atoms with Gasteiger partial charge in [0, 0.05) is 48.7 Å². The highest BCUT2D eigenvalue weighted by Crippen LogP contribution is 2.27. The van der Waals surface area contributed by atoms with Crippen molar-refractivity contribution in [1.82, 2.24) is 14.9 Å². The number of rotatable bonds is 4. The van der Waals surface area contributed by atoms with Gasteiger partial charge in [-0.25, -0.2) is 14.8 Å². The van der Waals surface area contributed by atoms with Crippen LogP contribution in [0.1, 0.15) is 38.1 Å². The van der Waals surface area contributed by atoms with Crippen LogP contribution in [0.3, 0.4) is 0 Å². The molecule has 1 aromatic heterocycles. The van der Waals surface area contributed by atoms with Crippen molar-refractivity contribution in [1.29, 1.82) is 0 Å². The minimum absolute atomic E-state index is 0.0643. The molecule has 2 heterocycles. The number of carbonyl (C=O) groups is 1.